The molecular formula is C12H22N2O3. The summed E-state index contributed by atoms with van der Waals surface area (Å²) in [4.78, 5) is 24.4. The number of carbonyl (C=O) groups is 2. The van der Waals surface area contributed by atoms with Crippen LogP contribution in [-0.2, 0) is 9.59 Å². The second-order valence-electron chi connectivity index (χ2n) is 4.74. The summed E-state index contributed by atoms with van der Waals surface area (Å²) in [7, 11) is 0. The third-order valence-corrected chi connectivity index (χ3v) is 3.42. The average Bonchev–Trinajstić information content (AvgIpc) is 2.35. The van der Waals surface area contributed by atoms with Crippen LogP contribution in [0.25, 0.3) is 0 Å². The molecule has 2 atom stereocenters. The Kier molecular flexibility index (Phi) is 5.41. The summed E-state index contributed by atoms with van der Waals surface area (Å²) in [6, 6.07) is -0.193. The van der Waals surface area contributed by atoms with Crippen LogP contribution in [0, 0.1) is 5.92 Å². The second-order valence-corrected chi connectivity index (χ2v) is 4.74. The van der Waals surface area contributed by atoms with Crippen LogP contribution in [0.5, 0.6) is 0 Å². The molecule has 2 N–H and O–H groups in total. The van der Waals surface area contributed by atoms with E-state index in [0.717, 1.165) is 25.9 Å². The molecule has 0 spiro atoms. The Bertz CT molecular complexity index is 275. The van der Waals surface area contributed by atoms with Gasteiger partial charge in [-0.15, -0.1) is 0 Å². The minimum atomic E-state index is -0.838. The lowest BCUT2D eigenvalue weighted by atomic mass is 10.0. The van der Waals surface area contributed by atoms with Gasteiger partial charge < -0.3 is 15.3 Å². The Labute approximate surface area is 102 Å². The molecule has 98 valence electrons. The van der Waals surface area contributed by atoms with Gasteiger partial charge >= 0.3 is 5.97 Å². The molecule has 0 aromatic rings. The molecule has 5 heteroatoms. The first-order valence-corrected chi connectivity index (χ1v) is 6.26. The van der Waals surface area contributed by atoms with Gasteiger partial charge in [0.1, 0.15) is 0 Å². The molecule has 0 saturated carbocycles. The van der Waals surface area contributed by atoms with E-state index in [2.05, 4.69) is 5.32 Å². The predicted molar refractivity (Wildman–Crippen MR) is 64.7 cm³/mol. The van der Waals surface area contributed by atoms with Gasteiger partial charge in [0.2, 0.25) is 5.91 Å². The number of hydrogen-bond donors (Lipinski definition) is 2. The molecule has 0 bridgehead atoms. The number of carbonyl (C=O) groups excluding carboxylic acids is 1. The third kappa shape index (κ3) is 4.34. The van der Waals surface area contributed by atoms with Crippen molar-refractivity contribution in [3.8, 4) is 0 Å². The van der Waals surface area contributed by atoms with Gasteiger partial charge in [0.15, 0.2) is 0 Å². The molecule has 0 aromatic carbocycles. The van der Waals surface area contributed by atoms with Crippen LogP contribution < -0.4 is 5.32 Å². The molecule has 1 fully saturated rings. The lowest BCUT2D eigenvalue weighted by molar-refractivity contribution is -0.142. The number of nitrogens with one attached hydrogen (secondary N) is 1. The fraction of sp³-hybridized carbons (Fsp3) is 0.833. The normalized spacial score (nSPS) is 19.8. The SMILES string of the molecule is CC(NCC(=O)N1CCCCC1)C(C)C(=O)O. The van der Waals surface area contributed by atoms with E-state index in [-0.39, 0.29) is 18.5 Å². The Hall–Kier alpha value is -1.10. The Morgan fingerprint density at radius 2 is 1.82 bits per heavy atom. The van der Waals surface area contributed by atoms with Gasteiger partial charge in [-0.3, -0.25) is 9.59 Å². The summed E-state index contributed by atoms with van der Waals surface area (Å²) in [6.07, 6.45) is 3.35. The highest BCUT2D eigenvalue weighted by atomic mass is 16.4. The third-order valence-electron chi connectivity index (χ3n) is 3.42. The largest absolute Gasteiger partial charge is 0.481 e. The van der Waals surface area contributed by atoms with Crippen LogP contribution in [0.3, 0.4) is 0 Å². The number of likely N-dealkylation sites (tertiary alicyclic amines) is 1. The van der Waals surface area contributed by atoms with Crippen LogP contribution in [-0.4, -0.2) is 47.6 Å². The zero-order valence-corrected chi connectivity index (χ0v) is 10.6. The zero-order chi connectivity index (χ0) is 12.8. The van der Waals surface area contributed by atoms with E-state index in [1.165, 1.54) is 6.42 Å². The number of rotatable bonds is 5. The molecular weight excluding hydrogens is 220 g/mol. The highest BCUT2D eigenvalue weighted by molar-refractivity contribution is 5.78. The fourth-order valence-electron chi connectivity index (χ4n) is 1.89. The molecule has 1 saturated heterocycles. The summed E-state index contributed by atoms with van der Waals surface area (Å²) in [5.41, 5.74) is 0. The van der Waals surface area contributed by atoms with Gasteiger partial charge in [-0.05, 0) is 26.2 Å². The molecule has 17 heavy (non-hydrogen) atoms. The number of nitrogens with zero attached hydrogens (tertiary/aromatic N) is 1. The number of amides is 1. The van der Waals surface area contributed by atoms with Crippen LogP contribution in [0.2, 0.25) is 0 Å². The molecule has 1 heterocycles. The van der Waals surface area contributed by atoms with E-state index in [9.17, 15) is 9.59 Å². The minimum Gasteiger partial charge on any atom is -0.481 e. The molecule has 1 amide bonds. The fourth-order valence-corrected chi connectivity index (χ4v) is 1.89. The summed E-state index contributed by atoms with van der Waals surface area (Å²) in [5.74, 6) is -1.24. The molecule has 1 aliphatic heterocycles. The Morgan fingerprint density at radius 3 is 2.35 bits per heavy atom. The van der Waals surface area contributed by atoms with Crippen LogP contribution in [0.1, 0.15) is 33.1 Å². The van der Waals surface area contributed by atoms with Gasteiger partial charge in [0, 0.05) is 19.1 Å². The maximum atomic E-state index is 11.8. The molecule has 1 aliphatic rings. The lowest BCUT2D eigenvalue weighted by Gasteiger charge is -2.27. The van der Waals surface area contributed by atoms with E-state index in [4.69, 9.17) is 5.11 Å². The molecule has 5 nitrogen and oxygen atoms in total. The van der Waals surface area contributed by atoms with Crippen molar-refractivity contribution in [1.29, 1.82) is 0 Å². The molecule has 0 radical (unpaired) electrons. The Morgan fingerprint density at radius 1 is 1.24 bits per heavy atom. The van der Waals surface area contributed by atoms with Crippen molar-refractivity contribution >= 4 is 11.9 Å². The van der Waals surface area contributed by atoms with Crippen molar-refractivity contribution in [2.24, 2.45) is 5.92 Å². The number of hydrogen-bond acceptors (Lipinski definition) is 3. The number of carboxylic acid groups (broad SMARTS) is 1. The summed E-state index contributed by atoms with van der Waals surface area (Å²) < 4.78 is 0. The summed E-state index contributed by atoms with van der Waals surface area (Å²) >= 11 is 0. The van der Waals surface area contributed by atoms with Crippen molar-refractivity contribution in [1.82, 2.24) is 10.2 Å². The summed E-state index contributed by atoms with van der Waals surface area (Å²) in [6.45, 7) is 5.35. The first-order chi connectivity index (χ1) is 8.02. The van der Waals surface area contributed by atoms with Gasteiger partial charge in [0.05, 0.1) is 12.5 Å². The van der Waals surface area contributed by atoms with Crippen molar-refractivity contribution in [2.45, 2.75) is 39.2 Å². The van der Waals surface area contributed by atoms with E-state index in [1.54, 1.807) is 13.8 Å². The topological polar surface area (TPSA) is 69.6 Å². The summed E-state index contributed by atoms with van der Waals surface area (Å²) in [5, 5.41) is 11.8. The predicted octanol–water partition coefficient (Wildman–Crippen LogP) is 0.698. The number of carboxylic acids is 1. The molecule has 2 unspecified atom stereocenters. The zero-order valence-electron chi connectivity index (χ0n) is 10.6. The molecule has 0 aliphatic carbocycles. The van der Waals surface area contributed by atoms with E-state index >= 15 is 0 Å². The van der Waals surface area contributed by atoms with Gasteiger partial charge in [-0.2, -0.15) is 0 Å². The lowest BCUT2D eigenvalue weighted by Crippen LogP contribution is -2.45. The monoisotopic (exact) mass is 242 g/mol. The van der Waals surface area contributed by atoms with Gasteiger partial charge in [-0.1, -0.05) is 6.92 Å². The van der Waals surface area contributed by atoms with Gasteiger partial charge in [-0.25, -0.2) is 0 Å². The quantitative estimate of drug-likeness (QED) is 0.744. The van der Waals surface area contributed by atoms with Crippen molar-refractivity contribution in [3.63, 3.8) is 0 Å². The van der Waals surface area contributed by atoms with E-state index < -0.39 is 11.9 Å². The maximum absolute atomic E-state index is 11.8. The number of piperidine rings is 1. The van der Waals surface area contributed by atoms with Crippen LogP contribution in [0.4, 0.5) is 0 Å². The molecule has 1 rings (SSSR count). The average molecular weight is 242 g/mol. The smallest absolute Gasteiger partial charge is 0.307 e. The minimum absolute atomic E-state index is 0.0779. The Balaban J connectivity index is 2.29. The first-order valence-electron chi connectivity index (χ1n) is 6.26. The number of aliphatic carboxylic acids is 1. The first kappa shape index (κ1) is 14.0. The van der Waals surface area contributed by atoms with Crippen molar-refractivity contribution < 1.29 is 14.7 Å². The van der Waals surface area contributed by atoms with Crippen molar-refractivity contribution in [2.75, 3.05) is 19.6 Å². The maximum Gasteiger partial charge on any atom is 0.307 e. The second kappa shape index (κ2) is 6.59. The van der Waals surface area contributed by atoms with E-state index in [0.29, 0.717) is 0 Å². The highest BCUT2D eigenvalue weighted by Gasteiger charge is 2.21. The standard InChI is InChI=1S/C12H22N2O3/c1-9(12(16)17)10(2)13-8-11(15)14-6-4-3-5-7-14/h9-10,13H,3-8H2,1-2H3,(H,16,17). The van der Waals surface area contributed by atoms with Crippen LogP contribution in [0.15, 0.2) is 0 Å². The highest BCUT2D eigenvalue weighted by Crippen LogP contribution is 2.08. The van der Waals surface area contributed by atoms with Gasteiger partial charge in [0.25, 0.3) is 0 Å². The van der Waals surface area contributed by atoms with E-state index in [1.807, 2.05) is 4.90 Å². The van der Waals surface area contributed by atoms with Crippen LogP contribution >= 0.6 is 0 Å². The molecule has 0 aromatic heterocycles. The van der Waals surface area contributed by atoms with Crippen molar-refractivity contribution in [3.05, 3.63) is 0 Å².